The molecule has 0 bridgehead atoms. The average molecular weight is 269 g/mol. The molecule has 0 aromatic carbocycles. The minimum absolute atomic E-state index is 0.213. The van der Waals surface area contributed by atoms with Crippen LogP contribution >= 0.6 is 0 Å². The number of nitrogens with zero attached hydrogens (tertiary/aromatic N) is 1. The van der Waals surface area contributed by atoms with E-state index < -0.39 is 0 Å². The Morgan fingerprint density at radius 2 is 1.84 bits per heavy atom. The summed E-state index contributed by atoms with van der Waals surface area (Å²) < 4.78 is 0. The minimum Gasteiger partial charge on any atom is -0.338 e. The number of carbonyl (C=O) groups is 2. The molecular weight excluding hydrogens is 242 g/mol. The molecule has 0 aromatic rings. The van der Waals surface area contributed by atoms with E-state index in [-0.39, 0.29) is 11.9 Å². The lowest BCUT2D eigenvalue weighted by atomic mass is 9.92. The highest BCUT2D eigenvalue weighted by Gasteiger charge is 2.23. The molecule has 110 valence electrons. The lowest BCUT2D eigenvalue weighted by Gasteiger charge is -2.34. The first kappa shape index (κ1) is 16.0. The molecule has 1 aliphatic heterocycles. The third-order valence-corrected chi connectivity index (χ3v) is 3.38. The molecule has 19 heavy (non-hydrogen) atoms. The Morgan fingerprint density at radius 1 is 1.21 bits per heavy atom. The van der Waals surface area contributed by atoms with Crippen molar-refractivity contribution in [1.29, 1.82) is 0 Å². The van der Waals surface area contributed by atoms with Crippen molar-refractivity contribution in [3.63, 3.8) is 0 Å². The zero-order valence-corrected chi connectivity index (χ0v) is 12.4. The van der Waals surface area contributed by atoms with Crippen LogP contribution in [0.5, 0.6) is 0 Å². The number of hydrogen-bond acceptors (Lipinski definition) is 3. The van der Waals surface area contributed by atoms with E-state index >= 15 is 0 Å². The van der Waals surface area contributed by atoms with Crippen LogP contribution in [0.1, 0.15) is 40.0 Å². The third kappa shape index (κ3) is 6.57. The Kier molecular flexibility index (Phi) is 6.84. The highest BCUT2D eigenvalue weighted by molar-refractivity contribution is 5.95. The maximum absolute atomic E-state index is 11.8. The van der Waals surface area contributed by atoms with Crippen molar-refractivity contribution in [2.45, 2.75) is 40.0 Å². The van der Waals surface area contributed by atoms with E-state index in [0.29, 0.717) is 24.9 Å². The summed E-state index contributed by atoms with van der Waals surface area (Å²) in [6.45, 7) is 9.28. The number of urea groups is 1. The van der Waals surface area contributed by atoms with Crippen molar-refractivity contribution in [1.82, 2.24) is 15.5 Å². The molecule has 5 nitrogen and oxygen atoms in total. The fourth-order valence-electron chi connectivity index (χ4n) is 2.71. The molecule has 1 saturated heterocycles. The molecule has 5 heteroatoms. The standard InChI is InChI=1S/C14H27N3O2/c1-4-5-6-15-14(19)16-13(18)10-17-8-11(2)7-12(3)9-17/h11-12H,4-10H2,1-3H3,(H2,15,16,18,19)/t11-,12+. The topological polar surface area (TPSA) is 61.4 Å². The minimum atomic E-state index is -0.378. The van der Waals surface area contributed by atoms with Gasteiger partial charge in [0, 0.05) is 19.6 Å². The lowest BCUT2D eigenvalue weighted by molar-refractivity contribution is -0.121. The number of carbonyl (C=O) groups excluding carboxylic acids is 2. The molecule has 1 aliphatic rings. The van der Waals surface area contributed by atoms with Crippen molar-refractivity contribution < 1.29 is 9.59 Å². The summed E-state index contributed by atoms with van der Waals surface area (Å²) in [7, 11) is 0. The molecule has 0 unspecified atom stereocenters. The van der Waals surface area contributed by atoms with Crippen LogP contribution in [0.15, 0.2) is 0 Å². The van der Waals surface area contributed by atoms with Gasteiger partial charge in [0.2, 0.25) is 5.91 Å². The average Bonchev–Trinajstić information content (AvgIpc) is 2.27. The van der Waals surface area contributed by atoms with Gasteiger partial charge >= 0.3 is 6.03 Å². The Morgan fingerprint density at radius 3 is 2.42 bits per heavy atom. The Balaban J connectivity index is 2.24. The van der Waals surface area contributed by atoms with E-state index in [1.807, 2.05) is 0 Å². The molecule has 0 saturated carbocycles. The van der Waals surface area contributed by atoms with Gasteiger partial charge in [0.1, 0.15) is 0 Å². The summed E-state index contributed by atoms with van der Waals surface area (Å²) in [6, 6.07) is -0.378. The smallest absolute Gasteiger partial charge is 0.321 e. The summed E-state index contributed by atoms with van der Waals surface area (Å²) in [5.41, 5.74) is 0. The van der Waals surface area contributed by atoms with Crippen LogP contribution in [-0.4, -0.2) is 43.0 Å². The number of amides is 3. The summed E-state index contributed by atoms with van der Waals surface area (Å²) in [4.78, 5) is 25.3. The zero-order chi connectivity index (χ0) is 14.3. The van der Waals surface area contributed by atoms with Crippen LogP contribution in [0.2, 0.25) is 0 Å². The Bertz CT molecular complexity index is 297. The predicted molar refractivity (Wildman–Crippen MR) is 75.8 cm³/mol. The van der Waals surface area contributed by atoms with Crippen molar-refractivity contribution in [3.8, 4) is 0 Å². The summed E-state index contributed by atoms with van der Waals surface area (Å²) in [5.74, 6) is 1.03. The number of imide groups is 1. The van der Waals surface area contributed by atoms with E-state index in [1.54, 1.807) is 0 Å². The van der Waals surface area contributed by atoms with Gasteiger partial charge in [-0.05, 0) is 24.7 Å². The Hall–Kier alpha value is -1.10. The van der Waals surface area contributed by atoms with Gasteiger partial charge in [0.05, 0.1) is 6.54 Å². The highest BCUT2D eigenvalue weighted by atomic mass is 16.2. The fraction of sp³-hybridized carbons (Fsp3) is 0.857. The van der Waals surface area contributed by atoms with E-state index in [9.17, 15) is 9.59 Å². The number of piperidine rings is 1. The lowest BCUT2D eigenvalue weighted by Crippen LogP contribution is -2.48. The van der Waals surface area contributed by atoms with Crippen LogP contribution in [0.25, 0.3) is 0 Å². The predicted octanol–water partition coefficient (Wildman–Crippen LogP) is 1.59. The number of rotatable bonds is 5. The van der Waals surface area contributed by atoms with Crippen LogP contribution in [-0.2, 0) is 4.79 Å². The zero-order valence-electron chi connectivity index (χ0n) is 12.4. The summed E-state index contributed by atoms with van der Waals surface area (Å²) in [5, 5.41) is 5.07. The van der Waals surface area contributed by atoms with Gasteiger partial charge in [0.25, 0.3) is 0 Å². The van der Waals surface area contributed by atoms with Gasteiger partial charge in [-0.15, -0.1) is 0 Å². The van der Waals surface area contributed by atoms with Crippen molar-refractivity contribution in [2.75, 3.05) is 26.2 Å². The van der Waals surface area contributed by atoms with Gasteiger partial charge in [-0.3, -0.25) is 15.0 Å². The van der Waals surface area contributed by atoms with E-state index in [4.69, 9.17) is 0 Å². The van der Waals surface area contributed by atoms with Gasteiger partial charge in [-0.1, -0.05) is 27.2 Å². The summed E-state index contributed by atoms with van der Waals surface area (Å²) >= 11 is 0. The van der Waals surface area contributed by atoms with Gasteiger partial charge in [-0.2, -0.15) is 0 Å². The normalized spacial score (nSPS) is 23.9. The van der Waals surface area contributed by atoms with E-state index in [1.165, 1.54) is 6.42 Å². The fourth-order valence-corrected chi connectivity index (χ4v) is 2.71. The number of likely N-dealkylation sites (tertiary alicyclic amines) is 1. The second-order valence-corrected chi connectivity index (χ2v) is 5.80. The van der Waals surface area contributed by atoms with Crippen molar-refractivity contribution in [2.24, 2.45) is 11.8 Å². The molecule has 0 spiro atoms. The van der Waals surface area contributed by atoms with Crippen LogP contribution in [0.3, 0.4) is 0 Å². The first-order valence-corrected chi connectivity index (χ1v) is 7.31. The maximum atomic E-state index is 11.8. The maximum Gasteiger partial charge on any atom is 0.321 e. The molecule has 1 heterocycles. The van der Waals surface area contributed by atoms with Gasteiger partial charge in [0.15, 0.2) is 0 Å². The Labute approximate surface area is 116 Å². The molecule has 1 rings (SSSR count). The first-order valence-electron chi connectivity index (χ1n) is 7.31. The van der Waals surface area contributed by atoms with E-state index in [2.05, 4.69) is 36.3 Å². The third-order valence-electron chi connectivity index (χ3n) is 3.38. The van der Waals surface area contributed by atoms with Crippen LogP contribution in [0.4, 0.5) is 4.79 Å². The number of unbranched alkanes of at least 4 members (excludes halogenated alkanes) is 1. The van der Waals surface area contributed by atoms with E-state index in [0.717, 1.165) is 25.9 Å². The largest absolute Gasteiger partial charge is 0.338 e. The second-order valence-electron chi connectivity index (χ2n) is 5.80. The first-order chi connectivity index (χ1) is 9.01. The molecule has 0 radical (unpaired) electrons. The summed E-state index contributed by atoms with van der Waals surface area (Å²) in [6.07, 6.45) is 3.18. The van der Waals surface area contributed by atoms with Gasteiger partial charge < -0.3 is 5.32 Å². The molecule has 0 aromatic heterocycles. The molecular formula is C14H27N3O2. The van der Waals surface area contributed by atoms with Crippen LogP contribution in [0, 0.1) is 11.8 Å². The second kappa shape index (κ2) is 8.15. The molecule has 1 fully saturated rings. The quantitative estimate of drug-likeness (QED) is 0.745. The molecule has 0 aliphatic carbocycles. The molecule has 2 atom stereocenters. The number of hydrogen-bond donors (Lipinski definition) is 2. The number of nitrogens with one attached hydrogen (secondary N) is 2. The van der Waals surface area contributed by atoms with Crippen molar-refractivity contribution in [3.05, 3.63) is 0 Å². The van der Waals surface area contributed by atoms with Crippen LogP contribution < -0.4 is 10.6 Å². The van der Waals surface area contributed by atoms with Gasteiger partial charge in [-0.25, -0.2) is 4.79 Å². The van der Waals surface area contributed by atoms with Crippen molar-refractivity contribution >= 4 is 11.9 Å². The monoisotopic (exact) mass is 269 g/mol. The molecule has 2 N–H and O–H groups in total. The molecule has 3 amide bonds. The SMILES string of the molecule is CCCCNC(=O)NC(=O)CN1C[C@H](C)C[C@H](C)C1. The highest BCUT2D eigenvalue weighted by Crippen LogP contribution is 2.20.